The number of carbonyl (C=O) groups excluding carboxylic acids is 2. The van der Waals surface area contributed by atoms with Crippen molar-refractivity contribution in [1.29, 1.82) is 0 Å². The summed E-state index contributed by atoms with van der Waals surface area (Å²) in [5.74, 6) is -0.589. The first-order valence-electron chi connectivity index (χ1n) is 8.43. The Kier molecular flexibility index (Phi) is 3.89. The van der Waals surface area contributed by atoms with E-state index in [1.165, 1.54) is 0 Å². The van der Waals surface area contributed by atoms with Gasteiger partial charge in [0.2, 0.25) is 5.72 Å². The van der Waals surface area contributed by atoms with Crippen molar-refractivity contribution in [3.63, 3.8) is 0 Å². The van der Waals surface area contributed by atoms with Gasteiger partial charge >= 0.3 is 5.97 Å². The molecule has 2 aliphatic heterocycles. The maximum Gasteiger partial charge on any atom is 0.343 e. The number of esters is 1. The van der Waals surface area contributed by atoms with E-state index in [-0.39, 0.29) is 29.1 Å². The Labute approximate surface area is 155 Å². The second-order valence-corrected chi connectivity index (χ2v) is 6.06. The molecule has 2 aliphatic rings. The summed E-state index contributed by atoms with van der Waals surface area (Å²) >= 11 is 0. The molecule has 0 radical (unpaired) electrons. The molecule has 0 saturated heterocycles. The molecule has 0 aliphatic carbocycles. The summed E-state index contributed by atoms with van der Waals surface area (Å²) in [6.07, 6.45) is 0. The molecule has 2 aromatic rings. The van der Waals surface area contributed by atoms with Crippen molar-refractivity contribution in [2.45, 2.75) is 12.6 Å². The average Bonchev–Trinajstić information content (AvgIpc) is 3.11. The molecule has 27 heavy (non-hydrogen) atoms. The van der Waals surface area contributed by atoms with Crippen LogP contribution < -0.4 is 4.74 Å². The van der Waals surface area contributed by atoms with Gasteiger partial charge in [-0.05, 0) is 37.3 Å². The van der Waals surface area contributed by atoms with Crippen molar-refractivity contribution in [2.24, 2.45) is 0 Å². The Morgan fingerprint density at radius 3 is 2.56 bits per heavy atom. The zero-order valence-corrected chi connectivity index (χ0v) is 14.8. The predicted molar refractivity (Wildman–Crippen MR) is 94.1 cm³/mol. The first-order valence-corrected chi connectivity index (χ1v) is 8.43. The van der Waals surface area contributed by atoms with Gasteiger partial charge in [-0.25, -0.2) is 4.79 Å². The lowest BCUT2D eigenvalue weighted by Crippen LogP contribution is -2.42. The van der Waals surface area contributed by atoms with Crippen LogP contribution in [-0.4, -0.2) is 35.8 Å². The molecule has 0 aromatic heterocycles. The zero-order valence-electron chi connectivity index (χ0n) is 14.8. The van der Waals surface area contributed by atoms with Crippen LogP contribution in [0, 0.1) is 0 Å². The number of carbonyl (C=O) groups is 2. The van der Waals surface area contributed by atoms with E-state index in [4.69, 9.17) is 14.3 Å². The number of fused-ring (bicyclic) bond motifs is 3. The second-order valence-electron chi connectivity index (χ2n) is 6.06. The Morgan fingerprint density at radius 1 is 1.19 bits per heavy atom. The molecule has 1 N–H and O–H groups in total. The third kappa shape index (κ3) is 2.32. The molecule has 138 valence electrons. The van der Waals surface area contributed by atoms with Crippen molar-refractivity contribution >= 4 is 17.6 Å². The van der Waals surface area contributed by atoms with Crippen molar-refractivity contribution < 1.29 is 29.0 Å². The number of amides is 1. The van der Waals surface area contributed by atoms with E-state index >= 15 is 0 Å². The Balaban J connectivity index is 1.92. The molecule has 4 rings (SSSR count). The van der Waals surface area contributed by atoms with Crippen LogP contribution in [0.5, 0.6) is 5.75 Å². The van der Waals surface area contributed by atoms with Crippen LogP contribution in [-0.2, 0) is 20.1 Å². The highest BCUT2D eigenvalue weighted by atomic mass is 16.7. The fourth-order valence-corrected chi connectivity index (χ4v) is 3.36. The second kappa shape index (κ2) is 6.14. The number of aliphatic hydroxyl groups is 1. The minimum absolute atomic E-state index is 0.0708. The smallest absolute Gasteiger partial charge is 0.343 e. The largest absolute Gasteiger partial charge is 0.497 e. The zero-order chi connectivity index (χ0) is 19.2. The molecule has 0 saturated carbocycles. The van der Waals surface area contributed by atoms with Gasteiger partial charge in [0.15, 0.2) is 5.76 Å². The number of hydroxylamine groups is 2. The summed E-state index contributed by atoms with van der Waals surface area (Å²) in [6, 6.07) is 13.3. The van der Waals surface area contributed by atoms with E-state index in [9.17, 15) is 14.7 Å². The summed E-state index contributed by atoms with van der Waals surface area (Å²) in [4.78, 5) is 31.2. The fraction of sp³-hybridized carbons (Fsp3) is 0.200. The summed E-state index contributed by atoms with van der Waals surface area (Å²) in [5.41, 5.74) is -1.12. The maximum absolute atomic E-state index is 12.7. The molecule has 7 heteroatoms. The normalized spacial score (nSPS) is 20.3. The van der Waals surface area contributed by atoms with Crippen molar-refractivity contribution in [2.75, 3.05) is 13.7 Å². The quantitative estimate of drug-likeness (QED) is 0.834. The van der Waals surface area contributed by atoms with E-state index < -0.39 is 17.6 Å². The lowest BCUT2D eigenvalue weighted by atomic mass is 9.92. The summed E-state index contributed by atoms with van der Waals surface area (Å²) in [7, 11) is 1.54. The van der Waals surface area contributed by atoms with Crippen LogP contribution in [0.15, 0.2) is 54.1 Å². The van der Waals surface area contributed by atoms with Gasteiger partial charge in [0, 0.05) is 11.1 Å². The van der Waals surface area contributed by atoms with E-state index in [1.807, 2.05) is 0 Å². The summed E-state index contributed by atoms with van der Waals surface area (Å²) in [5, 5.41) is 12.3. The number of rotatable bonds is 4. The van der Waals surface area contributed by atoms with E-state index in [2.05, 4.69) is 0 Å². The minimum Gasteiger partial charge on any atom is -0.497 e. The minimum atomic E-state index is -2.05. The Morgan fingerprint density at radius 2 is 1.89 bits per heavy atom. The van der Waals surface area contributed by atoms with Crippen molar-refractivity contribution in [3.8, 4) is 5.75 Å². The molecule has 0 bridgehead atoms. The third-order valence-corrected chi connectivity index (χ3v) is 4.60. The first-order chi connectivity index (χ1) is 13.0. The Hall–Kier alpha value is -3.32. The van der Waals surface area contributed by atoms with Gasteiger partial charge in [-0.3, -0.25) is 4.79 Å². The van der Waals surface area contributed by atoms with Gasteiger partial charge in [-0.2, -0.15) is 0 Å². The number of hydrogen-bond donors (Lipinski definition) is 1. The molecule has 1 atom stereocenters. The lowest BCUT2D eigenvalue weighted by molar-refractivity contribution is -0.183. The number of hydrogen-bond acceptors (Lipinski definition) is 6. The summed E-state index contributed by atoms with van der Waals surface area (Å²) in [6.45, 7) is 1.78. The highest BCUT2D eigenvalue weighted by molar-refractivity contribution is 6.07. The Bertz CT molecular complexity index is 965. The van der Waals surface area contributed by atoms with Crippen LogP contribution >= 0.6 is 0 Å². The van der Waals surface area contributed by atoms with Crippen LogP contribution in [0.25, 0.3) is 5.76 Å². The number of ether oxygens (including phenoxy) is 2. The van der Waals surface area contributed by atoms with Gasteiger partial charge in [0.25, 0.3) is 5.91 Å². The van der Waals surface area contributed by atoms with Crippen LogP contribution in [0.4, 0.5) is 0 Å². The van der Waals surface area contributed by atoms with Gasteiger partial charge in [0.05, 0.1) is 19.3 Å². The van der Waals surface area contributed by atoms with Crippen LogP contribution in [0.3, 0.4) is 0 Å². The lowest BCUT2D eigenvalue weighted by Gasteiger charge is -2.25. The molecule has 7 nitrogen and oxygen atoms in total. The monoisotopic (exact) mass is 367 g/mol. The number of nitrogens with zero attached hydrogens (tertiary/aromatic N) is 1. The van der Waals surface area contributed by atoms with E-state index in [0.29, 0.717) is 11.3 Å². The highest BCUT2D eigenvalue weighted by Gasteiger charge is 2.61. The SMILES string of the molecule is CCOC(=O)C1=C(c2ccc(OC)cc2)ON2C(=O)c3ccccc3[C@@]12O. The maximum atomic E-state index is 12.7. The van der Waals surface area contributed by atoms with Gasteiger partial charge in [-0.1, -0.05) is 18.2 Å². The predicted octanol–water partition coefficient (Wildman–Crippen LogP) is 2.22. The third-order valence-electron chi connectivity index (χ3n) is 4.60. The number of benzene rings is 2. The molecule has 2 heterocycles. The molecule has 2 aromatic carbocycles. The molecular weight excluding hydrogens is 350 g/mol. The van der Waals surface area contributed by atoms with Crippen molar-refractivity contribution in [3.05, 3.63) is 70.8 Å². The molecule has 0 spiro atoms. The first kappa shape index (κ1) is 17.1. The summed E-state index contributed by atoms with van der Waals surface area (Å²) < 4.78 is 10.3. The molecular formula is C20H17NO6. The van der Waals surface area contributed by atoms with Crippen LogP contribution in [0.1, 0.15) is 28.4 Å². The van der Waals surface area contributed by atoms with Crippen LogP contribution in [0.2, 0.25) is 0 Å². The van der Waals surface area contributed by atoms with Crippen molar-refractivity contribution in [1.82, 2.24) is 5.06 Å². The average molecular weight is 367 g/mol. The molecule has 0 fully saturated rings. The van der Waals surface area contributed by atoms with Gasteiger partial charge < -0.3 is 19.4 Å². The number of methoxy groups -OCH3 is 1. The molecule has 1 amide bonds. The molecule has 0 unspecified atom stereocenters. The van der Waals surface area contributed by atoms with Gasteiger partial charge in [0.1, 0.15) is 11.3 Å². The van der Waals surface area contributed by atoms with E-state index in [1.54, 1.807) is 62.6 Å². The highest BCUT2D eigenvalue weighted by Crippen LogP contribution is 2.51. The van der Waals surface area contributed by atoms with E-state index in [0.717, 1.165) is 5.06 Å². The van der Waals surface area contributed by atoms with Gasteiger partial charge in [-0.15, -0.1) is 5.06 Å². The standard InChI is InChI=1S/C20H17NO6/c1-3-26-19(23)16-17(12-8-10-13(25-2)11-9-12)27-21-18(22)14-6-4-5-7-15(14)20(16,21)24/h4-11,24H,3H2,1-2H3/t20-/m1/s1. The fourth-order valence-electron chi connectivity index (χ4n) is 3.36. The topological polar surface area (TPSA) is 85.3 Å².